The summed E-state index contributed by atoms with van der Waals surface area (Å²) in [7, 11) is 0. The van der Waals surface area contributed by atoms with E-state index in [0.717, 1.165) is 11.4 Å². The van der Waals surface area contributed by atoms with Gasteiger partial charge in [0, 0.05) is 6.42 Å². The van der Waals surface area contributed by atoms with E-state index in [1.165, 1.54) is 16.7 Å². The van der Waals surface area contributed by atoms with Crippen LogP contribution in [0.2, 0.25) is 0 Å². The van der Waals surface area contributed by atoms with Gasteiger partial charge in [-0.15, -0.1) is 5.10 Å². The van der Waals surface area contributed by atoms with Gasteiger partial charge in [-0.3, -0.25) is 0 Å². The molecule has 0 saturated carbocycles. The predicted molar refractivity (Wildman–Crippen MR) is 86.0 cm³/mol. The number of aryl methyl sites for hydroxylation is 1. The molecular weight excluding hydrogens is 274 g/mol. The Bertz CT molecular complexity index is 778. The molecule has 0 radical (unpaired) electrons. The molecule has 4 heteroatoms. The molecule has 3 aromatic rings. The molecule has 1 heterocycles. The molecule has 112 valence electrons. The Balaban J connectivity index is 2.09. The third-order valence-electron chi connectivity index (χ3n) is 4.01. The monoisotopic (exact) mass is 293 g/mol. The van der Waals surface area contributed by atoms with Gasteiger partial charge in [0.1, 0.15) is 5.69 Å². The largest absolute Gasteiger partial charge is 0.390 e. The molecule has 1 N–H and O–H groups in total. The van der Waals surface area contributed by atoms with Crippen molar-refractivity contribution in [2.75, 3.05) is 0 Å². The van der Waals surface area contributed by atoms with Crippen molar-refractivity contribution >= 4 is 0 Å². The Morgan fingerprint density at radius 2 is 1.77 bits per heavy atom. The third-order valence-corrected chi connectivity index (χ3v) is 4.01. The maximum Gasteiger partial charge on any atom is 0.112 e. The Hall–Kier alpha value is -2.46. The normalized spacial score (nSPS) is 10.9. The summed E-state index contributed by atoms with van der Waals surface area (Å²) in [5.41, 5.74) is 6.13. The molecule has 0 spiro atoms. The molecule has 0 unspecified atom stereocenters. The second-order valence-corrected chi connectivity index (χ2v) is 5.43. The second kappa shape index (κ2) is 6.12. The molecule has 0 aliphatic heterocycles. The first-order valence-electron chi connectivity index (χ1n) is 7.35. The molecule has 0 fully saturated rings. The van der Waals surface area contributed by atoms with E-state index in [0.29, 0.717) is 12.1 Å². The molecule has 0 atom stereocenters. The van der Waals surface area contributed by atoms with E-state index in [2.05, 4.69) is 42.4 Å². The minimum absolute atomic E-state index is 0.104. The molecule has 0 aliphatic rings. The highest BCUT2D eigenvalue weighted by Gasteiger charge is 2.15. The summed E-state index contributed by atoms with van der Waals surface area (Å²) in [6.07, 6.45) is 0.692. The number of aliphatic hydroxyl groups excluding tert-OH is 1. The van der Waals surface area contributed by atoms with Gasteiger partial charge in [0.25, 0.3) is 0 Å². The highest BCUT2D eigenvalue weighted by Crippen LogP contribution is 2.21. The highest BCUT2D eigenvalue weighted by atomic mass is 16.3. The maximum absolute atomic E-state index is 9.56. The Kier molecular flexibility index (Phi) is 4.02. The second-order valence-electron chi connectivity index (χ2n) is 5.43. The summed E-state index contributed by atoms with van der Waals surface area (Å²) < 4.78 is 1.85. The Labute approximate surface area is 130 Å². The molecule has 0 aliphatic carbocycles. The first-order chi connectivity index (χ1) is 10.7. The van der Waals surface area contributed by atoms with Crippen LogP contribution >= 0.6 is 0 Å². The van der Waals surface area contributed by atoms with Crippen molar-refractivity contribution in [3.05, 3.63) is 76.6 Å². The Morgan fingerprint density at radius 3 is 2.50 bits per heavy atom. The van der Waals surface area contributed by atoms with Gasteiger partial charge in [-0.25, -0.2) is 4.68 Å². The molecule has 0 amide bonds. The van der Waals surface area contributed by atoms with Crippen LogP contribution in [0.25, 0.3) is 5.69 Å². The van der Waals surface area contributed by atoms with Crippen molar-refractivity contribution in [3.8, 4) is 5.69 Å². The molecule has 22 heavy (non-hydrogen) atoms. The van der Waals surface area contributed by atoms with E-state index in [1.54, 1.807) is 0 Å². The van der Waals surface area contributed by atoms with Crippen molar-refractivity contribution in [2.45, 2.75) is 26.9 Å². The number of aliphatic hydroxyl groups is 1. The molecule has 0 bridgehead atoms. The topological polar surface area (TPSA) is 50.9 Å². The minimum Gasteiger partial charge on any atom is -0.390 e. The molecule has 1 aromatic heterocycles. The number of hydrogen-bond donors (Lipinski definition) is 1. The van der Waals surface area contributed by atoms with Crippen LogP contribution in [0, 0.1) is 13.8 Å². The van der Waals surface area contributed by atoms with Gasteiger partial charge in [0.15, 0.2) is 0 Å². The van der Waals surface area contributed by atoms with Crippen LogP contribution in [0.3, 0.4) is 0 Å². The van der Waals surface area contributed by atoms with Crippen molar-refractivity contribution in [1.82, 2.24) is 15.0 Å². The highest BCUT2D eigenvalue weighted by molar-refractivity contribution is 5.45. The fourth-order valence-electron chi connectivity index (χ4n) is 2.58. The van der Waals surface area contributed by atoms with Gasteiger partial charge in [-0.05, 0) is 36.6 Å². The Morgan fingerprint density at radius 1 is 1.00 bits per heavy atom. The van der Waals surface area contributed by atoms with Crippen molar-refractivity contribution in [3.63, 3.8) is 0 Å². The van der Waals surface area contributed by atoms with Crippen LogP contribution in [0.15, 0.2) is 48.5 Å². The van der Waals surface area contributed by atoms with E-state index >= 15 is 0 Å². The summed E-state index contributed by atoms with van der Waals surface area (Å²) in [6, 6.07) is 16.3. The third kappa shape index (κ3) is 2.65. The van der Waals surface area contributed by atoms with E-state index < -0.39 is 0 Å². The SMILES string of the molecule is Cc1cccc(-n2nnc(CO)c2Cc2ccccc2)c1C. The maximum atomic E-state index is 9.56. The van der Waals surface area contributed by atoms with Crippen molar-refractivity contribution in [1.29, 1.82) is 0 Å². The van der Waals surface area contributed by atoms with E-state index in [4.69, 9.17) is 0 Å². The number of hydrogen-bond acceptors (Lipinski definition) is 3. The summed E-state index contributed by atoms with van der Waals surface area (Å²) in [4.78, 5) is 0. The van der Waals surface area contributed by atoms with E-state index in [-0.39, 0.29) is 6.61 Å². The molecular formula is C18H19N3O. The standard InChI is InChI=1S/C18H19N3O/c1-13-7-6-10-17(14(13)2)21-18(16(12-22)19-20-21)11-15-8-4-3-5-9-15/h3-10,22H,11-12H2,1-2H3. The lowest BCUT2D eigenvalue weighted by Gasteiger charge is -2.12. The zero-order chi connectivity index (χ0) is 15.5. The van der Waals surface area contributed by atoms with Crippen LogP contribution in [-0.4, -0.2) is 20.1 Å². The van der Waals surface area contributed by atoms with Gasteiger partial charge in [0.05, 0.1) is 18.0 Å². The average molecular weight is 293 g/mol. The summed E-state index contributed by atoms with van der Waals surface area (Å²) >= 11 is 0. The smallest absolute Gasteiger partial charge is 0.112 e. The van der Waals surface area contributed by atoms with Crippen LogP contribution in [0.5, 0.6) is 0 Å². The predicted octanol–water partition coefficient (Wildman–Crippen LogP) is 2.97. The van der Waals surface area contributed by atoms with Crippen molar-refractivity contribution < 1.29 is 5.11 Å². The zero-order valence-electron chi connectivity index (χ0n) is 12.8. The number of aromatic nitrogens is 3. The van der Waals surface area contributed by atoms with Gasteiger partial charge in [0.2, 0.25) is 0 Å². The lowest BCUT2D eigenvalue weighted by molar-refractivity contribution is 0.275. The first-order valence-corrected chi connectivity index (χ1v) is 7.35. The lowest BCUT2D eigenvalue weighted by Crippen LogP contribution is -2.07. The van der Waals surface area contributed by atoms with Gasteiger partial charge >= 0.3 is 0 Å². The number of nitrogens with zero attached hydrogens (tertiary/aromatic N) is 3. The van der Waals surface area contributed by atoms with Crippen LogP contribution in [0.1, 0.15) is 28.1 Å². The minimum atomic E-state index is -0.104. The fourth-order valence-corrected chi connectivity index (χ4v) is 2.58. The fraction of sp³-hybridized carbons (Fsp3) is 0.222. The van der Waals surface area contributed by atoms with E-state index in [1.807, 2.05) is 35.0 Å². The summed E-state index contributed by atoms with van der Waals surface area (Å²) in [6.45, 7) is 4.06. The quantitative estimate of drug-likeness (QED) is 0.804. The van der Waals surface area contributed by atoms with Gasteiger partial charge in [-0.2, -0.15) is 0 Å². The molecule has 0 saturated heterocycles. The van der Waals surface area contributed by atoms with E-state index in [9.17, 15) is 5.11 Å². The van der Waals surface area contributed by atoms with Crippen LogP contribution in [-0.2, 0) is 13.0 Å². The van der Waals surface area contributed by atoms with Gasteiger partial charge < -0.3 is 5.11 Å². The first kappa shape index (κ1) is 14.5. The molecule has 3 rings (SSSR count). The average Bonchev–Trinajstić information content (AvgIpc) is 2.93. The molecule has 4 nitrogen and oxygen atoms in total. The summed E-state index contributed by atoms with van der Waals surface area (Å²) in [5, 5.41) is 18.0. The lowest BCUT2D eigenvalue weighted by atomic mass is 10.1. The van der Waals surface area contributed by atoms with Crippen molar-refractivity contribution in [2.24, 2.45) is 0 Å². The summed E-state index contributed by atoms with van der Waals surface area (Å²) in [5.74, 6) is 0. The van der Waals surface area contributed by atoms with Crippen LogP contribution in [0.4, 0.5) is 0 Å². The van der Waals surface area contributed by atoms with Crippen LogP contribution < -0.4 is 0 Å². The number of benzene rings is 2. The zero-order valence-corrected chi connectivity index (χ0v) is 12.8. The van der Waals surface area contributed by atoms with Gasteiger partial charge in [-0.1, -0.05) is 47.7 Å². The molecule has 2 aromatic carbocycles. The number of rotatable bonds is 4.